The van der Waals surface area contributed by atoms with E-state index in [2.05, 4.69) is 20.5 Å². The Labute approximate surface area is 276 Å². The number of benzene rings is 3. The number of hydrogen-bond donors (Lipinski definition) is 4. The van der Waals surface area contributed by atoms with E-state index in [1.807, 2.05) is 19.1 Å². The van der Waals surface area contributed by atoms with Crippen molar-refractivity contribution in [1.29, 1.82) is 0 Å². The first-order valence-corrected chi connectivity index (χ1v) is 17.0. The average molecular weight is 664 g/mol. The third-order valence-electron chi connectivity index (χ3n) is 10.6. The third-order valence-corrected chi connectivity index (χ3v) is 10.6. The van der Waals surface area contributed by atoms with E-state index in [0.717, 1.165) is 18.4 Å². The fraction of sp³-hybridized carbons (Fsp3) is 0.500. The number of aryl methyl sites for hydroxylation is 1. The maximum absolute atomic E-state index is 17.1. The van der Waals surface area contributed by atoms with E-state index in [0.29, 0.717) is 42.5 Å². The highest BCUT2D eigenvalue weighted by atomic mass is 19.1. The van der Waals surface area contributed by atoms with Gasteiger partial charge in [-0.1, -0.05) is 25.1 Å². The molecule has 6 atom stereocenters. The predicted octanol–water partition coefficient (Wildman–Crippen LogP) is 5.02. The van der Waals surface area contributed by atoms with Crippen molar-refractivity contribution >= 4 is 27.5 Å². The molecule has 8 rings (SSSR count). The molecule has 48 heavy (non-hydrogen) atoms. The minimum Gasteiger partial charge on any atom is -0.508 e. The number of phenolic OH excluding ortho intramolecular Hbond substituents is 1. The summed E-state index contributed by atoms with van der Waals surface area (Å²) in [6.07, 6.45) is 2.21. The van der Waals surface area contributed by atoms with E-state index in [1.54, 1.807) is 12.1 Å². The lowest BCUT2D eigenvalue weighted by molar-refractivity contribution is 0.121. The largest absolute Gasteiger partial charge is 0.508 e. The molecule has 0 aliphatic carbocycles. The van der Waals surface area contributed by atoms with Crippen LogP contribution in [0.4, 0.5) is 19.0 Å². The molecule has 0 amide bonds. The predicted molar refractivity (Wildman–Crippen MR) is 177 cm³/mol. The second-order valence-corrected chi connectivity index (χ2v) is 13.8. The topological polar surface area (TPSA) is 112 Å². The molecule has 4 aliphatic rings. The van der Waals surface area contributed by atoms with Gasteiger partial charge in [-0.25, -0.2) is 13.2 Å². The molecule has 254 valence electrons. The molecule has 3 saturated heterocycles. The number of nitrogens with zero attached hydrogens (tertiary/aromatic N) is 3. The molecule has 3 fully saturated rings. The summed E-state index contributed by atoms with van der Waals surface area (Å²) in [5.41, 5.74) is 0.600. The van der Waals surface area contributed by atoms with E-state index < -0.39 is 17.8 Å². The number of ether oxygens (including phenoxy) is 2. The van der Waals surface area contributed by atoms with Gasteiger partial charge >= 0.3 is 6.01 Å². The van der Waals surface area contributed by atoms with Crippen molar-refractivity contribution in [3.05, 3.63) is 47.5 Å². The molecule has 4 aromatic rings. The molecule has 1 aromatic heterocycles. The lowest BCUT2D eigenvalue weighted by atomic mass is 9.89. The number of rotatable bonds is 6. The molecule has 12 heteroatoms. The van der Waals surface area contributed by atoms with Crippen LogP contribution >= 0.6 is 0 Å². The fourth-order valence-corrected chi connectivity index (χ4v) is 8.37. The summed E-state index contributed by atoms with van der Waals surface area (Å²) < 4.78 is 61.2. The van der Waals surface area contributed by atoms with Crippen LogP contribution in [0.1, 0.15) is 38.2 Å². The first kappa shape index (κ1) is 31.4. The SMILES string of the molecule is CCc1cccc2cc(O)cc(-c3c(F)c4c5c(nc(OC[C@@H]6C[C@@H](F)CNC[C@H](CO)C6)nc5c3F)N3CC5CCC(N5)C3CO4)c12. The minimum atomic E-state index is -1.08. The summed E-state index contributed by atoms with van der Waals surface area (Å²) in [6.45, 7) is 3.45. The Morgan fingerprint density at radius 2 is 1.94 bits per heavy atom. The van der Waals surface area contributed by atoms with E-state index in [4.69, 9.17) is 14.5 Å². The van der Waals surface area contributed by atoms with Gasteiger partial charge in [0, 0.05) is 38.3 Å². The van der Waals surface area contributed by atoms with Crippen LogP contribution in [0.2, 0.25) is 0 Å². The van der Waals surface area contributed by atoms with Crippen LogP contribution in [-0.2, 0) is 6.42 Å². The second kappa shape index (κ2) is 12.5. The molecule has 4 N–H and O–H groups in total. The van der Waals surface area contributed by atoms with E-state index in [9.17, 15) is 14.6 Å². The maximum atomic E-state index is 17.1. The Kier molecular flexibility index (Phi) is 8.20. The number of alkyl halides is 1. The van der Waals surface area contributed by atoms with Crippen LogP contribution in [0, 0.1) is 23.5 Å². The highest BCUT2D eigenvalue weighted by Crippen LogP contribution is 2.48. The number of piperazine rings is 1. The molecule has 4 aliphatic heterocycles. The van der Waals surface area contributed by atoms with Crippen molar-refractivity contribution in [2.45, 2.75) is 63.3 Å². The van der Waals surface area contributed by atoms with Crippen molar-refractivity contribution in [1.82, 2.24) is 20.6 Å². The Bertz CT molecular complexity index is 1880. The fourth-order valence-electron chi connectivity index (χ4n) is 8.37. The van der Waals surface area contributed by atoms with Crippen molar-refractivity contribution in [2.24, 2.45) is 11.8 Å². The monoisotopic (exact) mass is 663 g/mol. The molecule has 0 radical (unpaired) electrons. The van der Waals surface area contributed by atoms with Crippen LogP contribution in [0.25, 0.3) is 32.8 Å². The molecule has 0 spiro atoms. The highest BCUT2D eigenvalue weighted by Gasteiger charge is 2.44. The lowest BCUT2D eigenvalue weighted by Crippen LogP contribution is -2.60. The van der Waals surface area contributed by atoms with Crippen molar-refractivity contribution in [3.8, 4) is 28.6 Å². The molecule has 9 nitrogen and oxygen atoms in total. The highest BCUT2D eigenvalue weighted by molar-refractivity contribution is 6.05. The van der Waals surface area contributed by atoms with E-state index in [1.165, 1.54) is 6.07 Å². The van der Waals surface area contributed by atoms with Crippen LogP contribution < -0.4 is 25.0 Å². The number of aliphatic hydroxyl groups is 1. The van der Waals surface area contributed by atoms with Gasteiger partial charge in [0.05, 0.1) is 23.6 Å². The molecular formula is C36H40F3N5O4. The van der Waals surface area contributed by atoms with Gasteiger partial charge in [0.15, 0.2) is 17.4 Å². The molecule has 3 aromatic carbocycles. The zero-order chi connectivity index (χ0) is 33.1. The van der Waals surface area contributed by atoms with E-state index in [-0.39, 0.29) is 102 Å². The summed E-state index contributed by atoms with van der Waals surface area (Å²) in [6, 6.07) is 8.56. The lowest BCUT2D eigenvalue weighted by Gasteiger charge is -2.40. The molecular weight excluding hydrogens is 623 g/mol. The Hall–Kier alpha value is -3.87. The number of fused-ring (bicyclic) bond motifs is 6. The minimum absolute atomic E-state index is 0.0322. The number of aliphatic hydroxyl groups excluding tert-OH is 1. The zero-order valence-corrected chi connectivity index (χ0v) is 26.8. The summed E-state index contributed by atoms with van der Waals surface area (Å²) in [5, 5.41) is 28.7. The first-order valence-electron chi connectivity index (χ1n) is 17.0. The van der Waals surface area contributed by atoms with Crippen molar-refractivity contribution in [2.75, 3.05) is 44.4 Å². The van der Waals surface area contributed by atoms with Gasteiger partial charge in [0.2, 0.25) is 0 Å². The molecule has 2 bridgehead atoms. The van der Waals surface area contributed by atoms with Gasteiger partial charge in [-0.3, -0.25) is 0 Å². The summed E-state index contributed by atoms with van der Waals surface area (Å²) in [5.74, 6) is -1.96. The number of anilines is 1. The van der Waals surface area contributed by atoms with Gasteiger partial charge in [0.25, 0.3) is 0 Å². The maximum Gasteiger partial charge on any atom is 0.319 e. The van der Waals surface area contributed by atoms with Crippen LogP contribution in [0.15, 0.2) is 30.3 Å². The van der Waals surface area contributed by atoms with Gasteiger partial charge in [-0.05, 0) is 78.0 Å². The van der Waals surface area contributed by atoms with Crippen molar-refractivity contribution in [3.63, 3.8) is 0 Å². The number of hydrogen-bond acceptors (Lipinski definition) is 9. The van der Waals surface area contributed by atoms with Gasteiger partial charge < -0.3 is 35.2 Å². The number of halogens is 3. The smallest absolute Gasteiger partial charge is 0.319 e. The van der Waals surface area contributed by atoms with Gasteiger partial charge in [-0.15, -0.1) is 0 Å². The Morgan fingerprint density at radius 3 is 2.77 bits per heavy atom. The summed E-state index contributed by atoms with van der Waals surface area (Å²) in [4.78, 5) is 11.4. The average Bonchev–Trinajstić information content (AvgIpc) is 3.38. The number of phenols is 1. The van der Waals surface area contributed by atoms with Crippen LogP contribution in [-0.4, -0.2) is 83.9 Å². The zero-order valence-electron chi connectivity index (χ0n) is 26.8. The summed E-state index contributed by atoms with van der Waals surface area (Å²) in [7, 11) is 0. The Balaban J connectivity index is 1.30. The molecule has 5 heterocycles. The molecule has 3 unspecified atom stereocenters. The number of aromatic hydroxyl groups is 1. The summed E-state index contributed by atoms with van der Waals surface area (Å²) >= 11 is 0. The first-order chi connectivity index (χ1) is 23.3. The number of aromatic nitrogens is 2. The van der Waals surface area contributed by atoms with Gasteiger partial charge in [-0.2, -0.15) is 9.97 Å². The van der Waals surface area contributed by atoms with E-state index >= 15 is 8.78 Å². The van der Waals surface area contributed by atoms with Crippen LogP contribution in [0.5, 0.6) is 17.5 Å². The van der Waals surface area contributed by atoms with Crippen LogP contribution in [0.3, 0.4) is 0 Å². The van der Waals surface area contributed by atoms with Crippen molar-refractivity contribution < 1.29 is 32.9 Å². The second-order valence-electron chi connectivity index (χ2n) is 13.8. The number of nitrogens with one attached hydrogen (secondary N) is 2. The quantitative estimate of drug-likeness (QED) is 0.226. The molecule has 0 saturated carbocycles. The third kappa shape index (κ3) is 5.38. The standard InChI is InChI=1S/C36H40F3N5O4/c1-2-20-4-3-5-21-10-24(46)11-25(28(20)21)29-31(38)33-30-34(32(29)39)47-17-27-26-7-6-23(41-26)14-44(27)35(30)43-36(42-33)48-16-18-8-19(15-45)12-40-13-22(37)9-18/h3-5,10-11,18-19,22-23,26-27,40-41,45-46H,2,6-9,12-17H2,1H3/t18-,19+,22+,23?,26?,27?/m0/s1. The Morgan fingerprint density at radius 1 is 1.06 bits per heavy atom. The van der Waals surface area contributed by atoms with Gasteiger partial charge in [0.1, 0.15) is 29.9 Å². The normalized spacial score (nSPS) is 26.9.